The molecule has 8 heteroatoms. The van der Waals surface area contributed by atoms with Crippen molar-refractivity contribution in [1.82, 2.24) is 4.98 Å². The maximum Gasteiger partial charge on any atom is 0.573 e. The van der Waals surface area contributed by atoms with Gasteiger partial charge in [0.25, 0.3) is 6.43 Å². The number of aromatic nitrogens is 1. The summed E-state index contributed by atoms with van der Waals surface area (Å²) in [6.45, 7) is 1.24. The van der Waals surface area contributed by atoms with E-state index in [4.69, 9.17) is 5.26 Å². The second kappa shape index (κ2) is 5.16. The van der Waals surface area contributed by atoms with Gasteiger partial charge in [-0.05, 0) is 6.92 Å². The molecule has 98 valence electrons. The standard InChI is InChI=1S/C10H7F5N2O/c1-5-6(2-3-16)8(18-10(13,14)15)4-7(17-5)9(11)12/h4,9H,2H2,1H3. The first-order valence-corrected chi connectivity index (χ1v) is 4.66. The Labute approximate surface area is 98.8 Å². The summed E-state index contributed by atoms with van der Waals surface area (Å²) in [5.74, 6) is -0.813. The molecular weight excluding hydrogens is 259 g/mol. The molecule has 0 bridgehead atoms. The Kier molecular flexibility index (Phi) is 4.06. The molecular formula is C10H7F5N2O. The van der Waals surface area contributed by atoms with Gasteiger partial charge in [-0.25, -0.2) is 8.78 Å². The van der Waals surface area contributed by atoms with E-state index in [9.17, 15) is 22.0 Å². The lowest BCUT2D eigenvalue weighted by Crippen LogP contribution is -2.19. The van der Waals surface area contributed by atoms with Crippen molar-refractivity contribution in [3.8, 4) is 11.8 Å². The zero-order valence-electron chi connectivity index (χ0n) is 9.05. The maximum absolute atomic E-state index is 12.4. The Morgan fingerprint density at radius 2 is 2.06 bits per heavy atom. The normalized spacial score (nSPS) is 11.4. The van der Waals surface area contributed by atoms with Crippen LogP contribution < -0.4 is 4.74 Å². The zero-order valence-corrected chi connectivity index (χ0v) is 9.05. The zero-order chi connectivity index (χ0) is 13.9. The Bertz CT molecular complexity index is 478. The van der Waals surface area contributed by atoms with Crippen molar-refractivity contribution in [1.29, 1.82) is 5.26 Å². The predicted molar refractivity (Wildman–Crippen MR) is 49.9 cm³/mol. The molecule has 3 nitrogen and oxygen atoms in total. The Balaban J connectivity index is 3.29. The van der Waals surface area contributed by atoms with Crippen LogP contribution in [0.2, 0.25) is 0 Å². The van der Waals surface area contributed by atoms with E-state index in [1.807, 2.05) is 0 Å². The third kappa shape index (κ3) is 3.55. The van der Waals surface area contributed by atoms with Gasteiger partial charge in [-0.3, -0.25) is 4.98 Å². The van der Waals surface area contributed by atoms with E-state index < -0.39 is 30.7 Å². The van der Waals surface area contributed by atoms with Crippen molar-refractivity contribution >= 4 is 0 Å². The summed E-state index contributed by atoms with van der Waals surface area (Å²) in [7, 11) is 0. The molecule has 1 aromatic rings. The third-order valence-corrected chi connectivity index (χ3v) is 2.02. The molecule has 0 atom stereocenters. The number of hydrogen-bond donors (Lipinski definition) is 0. The van der Waals surface area contributed by atoms with Crippen molar-refractivity contribution in [3.05, 3.63) is 23.0 Å². The van der Waals surface area contributed by atoms with Crippen molar-refractivity contribution < 1.29 is 26.7 Å². The van der Waals surface area contributed by atoms with Crippen LogP contribution in [-0.2, 0) is 6.42 Å². The van der Waals surface area contributed by atoms with E-state index >= 15 is 0 Å². The lowest BCUT2D eigenvalue weighted by Gasteiger charge is -2.14. The summed E-state index contributed by atoms with van der Waals surface area (Å²) in [5, 5.41) is 8.48. The summed E-state index contributed by atoms with van der Waals surface area (Å²) >= 11 is 0. The highest BCUT2D eigenvalue weighted by atomic mass is 19.4. The number of aryl methyl sites for hydroxylation is 1. The van der Waals surface area contributed by atoms with E-state index in [2.05, 4.69) is 9.72 Å². The first-order chi connectivity index (χ1) is 8.24. The number of halogens is 5. The largest absolute Gasteiger partial charge is 0.573 e. The topological polar surface area (TPSA) is 45.9 Å². The fourth-order valence-corrected chi connectivity index (χ4v) is 1.31. The lowest BCUT2D eigenvalue weighted by atomic mass is 10.1. The van der Waals surface area contributed by atoms with E-state index in [1.165, 1.54) is 6.92 Å². The van der Waals surface area contributed by atoms with Crippen molar-refractivity contribution in [2.45, 2.75) is 26.1 Å². The Hall–Kier alpha value is -1.91. The van der Waals surface area contributed by atoms with Gasteiger partial charge < -0.3 is 4.74 Å². The Morgan fingerprint density at radius 3 is 2.50 bits per heavy atom. The monoisotopic (exact) mass is 266 g/mol. The average molecular weight is 266 g/mol. The van der Waals surface area contributed by atoms with Gasteiger partial charge in [0.2, 0.25) is 0 Å². The van der Waals surface area contributed by atoms with Gasteiger partial charge in [0.15, 0.2) is 0 Å². The van der Waals surface area contributed by atoms with Crippen molar-refractivity contribution in [3.63, 3.8) is 0 Å². The minimum atomic E-state index is -5.02. The summed E-state index contributed by atoms with van der Waals surface area (Å²) in [4.78, 5) is 3.43. The quantitative estimate of drug-likeness (QED) is 0.788. The van der Waals surface area contributed by atoms with Crippen LogP contribution in [0.25, 0.3) is 0 Å². The molecule has 1 aromatic heterocycles. The van der Waals surface area contributed by atoms with Crippen LogP contribution >= 0.6 is 0 Å². The maximum atomic E-state index is 12.4. The summed E-state index contributed by atoms with van der Waals surface area (Å²) < 4.78 is 64.8. The van der Waals surface area contributed by atoms with Gasteiger partial charge >= 0.3 is 6.36 Å². The van der Waals surface area contributed by atoms with E-state index in [-0.39, 0.29) is 11.3 Å². The SMILES string of the molecule is Cc1nc(C(F)F)cc(OC(F)(F)F)c1CC#N. The number of rotatable bonds is 3. The van der Waals surface area contributed by atoms with Gasteiger partial charge in [-0.1, -0.05) is 0 Å². The smallest absolute Gasteiger partial charge is 0.405 e. The van der Waals surface area contributed by atoms with Crippen LogP contribution in [-0.4, -0.2) is 11.3 Å². The van der Waals surface area contributed by atoms with Gasteiger partial charge in [-0.15, -0.1) is 13.2 Å². The molecule has 0 aromatic carbocycles. The summed E-state index contributed by atoms with van der Waals surface area (Å²) in [6, 6.07) is 2.12. The molecule has 18 heavy (non-hydrogen) atoms. The lowest BCUT2D eigenvalue weighted by molar-refractivity contribution is -0.275. The molecule has 1 rings (SSSR count). The van der Waals surface area contributed by atoms with Crippen LogP contribution in [0, 0.1) is 18.3 Å². The summed E-state index contributed by atoms with van der Waals surface area (Å²) in [6.07, 6.45) is -8.44. The summed E-state index contributed by atoms with van der Waals surface area (Å²) in [5.41, 5.74) is -1.07. The fraction of sp³-hybridized carbons (Fsp3) is 0.400. The number of ether oxygens (including phenoxy) is 1. The Morgan fingerprint density at radius 1 is 1.44 bits per heavy atom. The van der Waals surface area contributed by atoms with Crippen LogP contribution in [0.5, 0.6) is 5.75 Å². The highest BCUT2D eigenvalue weighted by Crippen LogP contribution is 2.31. The van der Waals surface area contributed by atoms with Crippen LogP contribution in [0.4, 0.5) is 22.0 Å². The molecule has 0 amide bonds. The fourth-order valence-electron chi connectivity index (χ4n) is 1.31. The molecule has 0 saturated carbocycles. The number of pyridine rings is 1. The van der Waals surface area contributed by atoms with Crippen molar-refractivity contribution in [2.24, 2.45) is 0 Å². The van der Waals surface area contributed by atoms with Crippen LogP contribution in [0.1, 0.15) is 23.4 Å². The minimum Gasteiger partial charge on any atom is -0.405 e. The number of hydrogen-bond acceptors (Lipinski definition) is 3. The minimum absolute atomic E-state index is 0.0893. The van der Waals surface area contributed by atoms with Crippen LogP contribution in [0.15, 0.2) is 6.07 Å². The van der Waals surface area contributed by atoms with Crippen molar-refractivity contribution in [2.75, 3.05) is 0 Å². The van der Waals surface area contributed by atoms with E-state index in [0.717, 1.165) is 0 Å². The van der Waals surface area contributed by atoms with Gasteiger partial charge in [0.1, 0.15) is 11.4 Å². The first kappa shape index (κ1) is 14.2. The molecule has 0 radical (unpaired) electrons. The third-order valence-electron chi connectivity index (χ3n) is 2.02. The second-order valence-corrected chi connectivity index (χ2v) is 3.29. The molecule has 0 aliphatic rings. The first-order valence-electron chi connectivity index (χ1n) is 4.66. The van der Waals surface area contributed by atoms with Crippen LogP contribution in [0.3, 0.4) is 0 Å². The van der Waals surface area contributed by atoms with Gasteiger partial charge in [0, 0.05) is 17.3 Å². The number of nitrogens with zero attached hydrogens (tertiary/aromatic N) is 2. The second-order valence-electron chi connectivity index (χ2n) is 3.29. The highest BCUT2D eigenvalue weighted by molar-refractivity contribution is 5.40. The average Bonchev–Trinajstić information content (AvgIpc) is 2.20. The van der Waals surface area contributed by atoms with E-state index in [0.29, 0.717) is 6.07 Å². The number of nitriles is 1. The number of alkyl halides is 5. The van der Waals surface area contributed by atoms with Gasteiger partial charge in [-0.2, -0.15) is 5.26 Å². The molecule has 0 fully saturated rings. The molecule has 0 saturated heterocycles. The molecule has 0 aliphatic heterocycles. The molecule has 0 unspecified atom stereocenters. The van der Waals surface area contributed by atoms with Gasteiger partial charge in [0.05, 0.1) is 12.5 Å². The molecule has 1 heterocycles. The molecule has 0 aliphatic carbocycles. The van der Waals surface area contributed by atoms with E-state index in [1.54, 1.807) is 6.07 Å². The molecule has 0 N–H and O–H groups in total. The predicted octanol–water partition coefficient (Wildman–Crippen LogP) is 3.29. The molecule has 0 spiro atoms. The highest BCUT2D eigenvalue weighted by Gasteiger charge is 2.33.